The molecule has 0 fully saturated rings. The Morgan fingerprint density at radius 3 is 1.15 bits per heavy atom. The second-order valence-corrected chi connectivity index (χ2v) is 5.66. The third-order valence-electron chi connectivity index (χ3n) is 4.50. The predicted octanol–water partition coefficient (Wildman–Crippen LogP) is 3.18. The van der Waals surface area contributed by atoms with Gasteiger partial charge >= 0.3 is 0 Å². The van der Waals surface area contributed by atoms with Gasteiger partial charge in [0, 0.05) is 11.1 Å². The fourth-order valence-corrected chi connectivity index (χ4v) is 3.69. The molecule has 0 N–H and O–H groups in total. The molecule has 2 aliphatic carbocycles. The summed E-state index contributed by atoms with van der Waals surface area (Å²) in [6.07, 6.45) is 5.71. The van der Waals surface area contributed by atoms with Crippen LogP contribution in [-0.2, 0) is 25.7 Å². The van der Waals surface area contributed by atoms with Gasteiger partial charge in [-0.2, -0.15) is 0 Å². The minimum Gasteiger partial charge on any atom is -0.298 e. The van der Waals surface area contributed by atoms with E-state index in [1.165, 1.54) is 33.4 Å². The number of benzene rings is 2. The van der Waals surface area contributed by atoms with E-state index in [-0.39, 0.29) is 0 Å². The molecular formula is C18H14O2. The molecule has 20 heavy (non-hydrogen) atoms. The van der Waals surface area contributed by atoms with Crippen LogP contribution in [0.3, 0.4) is 0 Å². The van der Waals surface area contributed by atoms with Gasteiger partial charge in [0.25, 0.3) is 0 Å². The van der Waals surface area contributed by atoms with Crippen molar-refractivity contribution in [2.24, 2.45) is 0 Å². The molecule has 0 aliphatic heterocycles. The van der Waals surface area contributed by atoms with Crippen molar-refractivity contribution in [3.63, 3.8) is 0 Å². The van der Waals surface area contributed by atoms with Crippen molar-refractivity contribution in [2.75, 3.05) is 0 Å². The smallest absolute Gasteiger partial charge is 0.150 e. The molecule has 4 rings (SSSR count). The highest BCUT2D eigenvalue weighted by Crippen LogP contribution is 2.43. The lowest BCUT2D eigenvalue weighted by atomic mass is 9.74. The molecule has 0 atom stereocenters. The summed E-state index contributed by atoms with van der Waals surface area (Å²) in [4.78, 5) is 22.1. The van der Waals surface area contributed by atoms with Gasteiger partial charge in [-0.05, 0) is 83.3 Å². The molecule has 2 aromatic rings. The Morgan fingerprint density at radius 2 is 0.900 bits per heavy atom. The average Bonchev–Trinajstić information content (AvgIpc) is 2.51. The Hall–Kier alpha value is -2.22. The summed E-state index contributed by atoms with van der Waals surface area (Å²) in [5.74, 6) is 0. The zero-order valence-corrected chi connectivity index (χ0v) is 11.1. The quantitative estimate of drug-likeness (QED) is 0.779. The Balaban J connectivity index is 2.05. The van der Waals surface area contributed by atoms with E-state index in [1.54, 1.807) is 0 Å². The van der Waals surface area contributed by atoms with Crippen molar-refractivity contribution >= 4 is 12.6 Å². The van der Waals surface area contributed by atoms with E-state index in [0.29, 0.717) is 0 Å². The average molecular weight is 262 g/mol. The van der Waals surface area contributed by atoms with Crippen LogP contribution in [0.4, 0.5) is 0 Å². The number of hydrogen-bond acceptors (Lipinski definition) is 2. The van der Waals surface area contributed by atoms with Crippen molar-refractivity contribution in [2.45, 2.75) is 25.7 Å². The van der Waals surface area contributed by atoms with Crippen molar-refractivity contribution in [1.82, 2.24) is 0 Å². The summed E-state index contributed by atoms with van der Waals surface area (Å²) < 4.78 is 0. The molecular weight excluding hydrogens is 248 g/mol. The lowest BCUT2D eigenvalue weighted by Gasteiger charge is -2.30. The number of carbonyl (C=O) groups excluding carboxylic acids is 2. The third-order valence-corrected chi connectivity index (χ3v) is 4.50. The van der Waals surface area contributed by atoms with Crippen molar-refractivity contribution in [1.29, 1.82) is 0 Å². The van der Waals surface area contributed by atoms with Gasteiger partial charge in [0.05, 0.1) is 0 Å². The van der Waals surface area contributed by atoms with Crippen LogP contribution in [0.1, 0.15) is 43.0 Å². The maximum atomic E-state index is 11.1. The molecule has 2 aliphatic rings. The standard InChI is InChI=1S/C18H14O2/c19-9-11-5-13-1-2-14-6-12(10-20)8-16-4-3-15(7-11)17(13)18(14)16/h5-10H,1-4H2. The van der Waals surface area contributed by atoms with Crippen LogP contribution in [0, 0.1) is 0 Å². The number of carbonyl (C=O) groups is 2. The third kappa shape index (κ3) is 1.51. The van der Waals surface area contributed by atoms with E-state index in [2.05, 4.69) is 0 Å². The molecule has 0 saturated heterocycles. The van der Waals surface area contributed by atoms with Crippen molar-refractivity contribution in [3.05, 3.63) is 57.6 Å². The zero-order chi connectivity index (χ0) is 13.7. The molecule has 0 heterocycles. The molecule has 0 radical (unpaired) electrons. The Kier molecular flexibility index (Phi) is 2.40. The molecule has 0 bridgehead atoms. The van der Waals surface area contributed by atoms with E-state index in [1.807, 2.05) is 24.3 Å². The number of aldehydes is 2. The fourth-order valence-electron chi connectivity index (χ4n) is 3.69. The maximum Gasteiger partial charge on any atom is 0.150 e. The lowest BCUT2D eigenvalue weighted by Crippen LogP contribution is -2.15. The van der Waals surface area contributed by atoms with Gasteiger partial charge in [-0.1, -0.05) is 0 Å². The Labute approximate surface area is 117 Å². The summed E-state index contributed by atoms with van der Waals surface area (Å²) in [6, 6.07) is 8.10. The van der Waals surface area contributed by atoms with Gasteiger partial charge in [-0.15, -0.1) is 0 Å². The van der Waals surface area contributed by atoms with Crippen LogP contribution >= 0.6 is 0 Å². The molecule has 0 saturated carbocycles. The summed E-state index contributed by atoms with van der Waals surface area (Å²) in [7, 11) is 0. The second-order valence-electron chi connectivity index (χ2n) is 5.66. The predicted molar refractivity (Wildman–Crippen MR) is 77.5 cm³/mol. The minimum atomic E-state index is 0.787. The highest BCUT2D eigenvalue weighted by Gasteiger charge is 2.26. The highest BCUT2D eigenvalue weighted by molar-refractivity contribution is 5.87. The zero-order valence-electron chi connectivity index (χ0n) is 11.1. The number of rotatable bonds is 2. The van der Waals surface area contributed by atoms with Gasteiger partial charge in [0.1, 0.15) is 12.6 Å². The van der Waals surface area contributed by atoms with Gasteiger partial charge < -0.3 is 0 Å². The van der Waals surface area contributed by atoms with E-state index in [9.17, 15) is 9.59 Å². The van der Waals surface area contributed by atoms with Gasteiger partial charge in [0.15, 0.2) is 0 Å². The highest BCUT2D eigenvalue weighted by atomic mass is 16.1. The molecule has 2 aromatic carbocycles. The first-order valence-corrected chi connectivity index (χ1v) is 7.02. The minimum absolute atomic E-state index is 0.787. The van der Waals surface area contributed by atoms with E-state index < -0.39 is 0 Å². The van der Waals surface area contributed by atoms with Crippen molar-refractivity contribution < 1.29 is 9.59 Å². The largest absolute Gasteiger partial charge is 0.298 e. The first-order chi connectivity index (χ1) is 9.80. The lowest BCUT2D eigenvalue weighted by molar-refractivity contribution is 0.111. The summed E-state index contributed by atoms with van der Waals surface area (Å²) >= 11 is 0. The SMILES string of the molecule is O=Cc1cc2c3c(c1)CCc1cc(C=O)cc(c1-3)CC2. The monoisotopic (exact) mass is 262 g/mol. The van der Waals surface area contributed by atoms with Gasteiger partial charge in [0.2, 0.25) is 0 Å². The normalized spacial score (nSPS) is 14.6. The van der Waals surface area contributed by atoms with E-state index in [4.69, 9.17) is 0 Å². The van der Waals surface area contributed by atoms with Crippen LogP contribution in [0.25, 0.3) is 11.1 Å². The van der Waals surface area contributed by atoms with Crippen LogP contribution in [0.2, 0.25) is 0 Å². The Morgan fingerprint density at radius 1 is 0.600 bits per heavy atom. The van der Waals surface area contributed by atoms with Gasteiger partial charge in [-0.25, -0.2) is 0 Å². The molecule has 0 spiro atoms. The summed E-state index contributed by atoms with van der Waals surface area (Å²) in [5, 5.41) is 0. The summed E-state index contributed by atoms with van der Waals surface area (Å²) in [5.41, 5.74) is 9.39. The molecule has 98 valence electrons. The van der Waals surface area contributed by atoms with E-state index in [0.717, 1.165) is 49.4 Å². The number of hydrogen-bond donors (Lipinski definition) is 0. The van der Waals surface area contributed by atoms with Crippen LogP contribution in [0.15, 0.2) is 24.3 Å². The van der Waals surface area contributed by atoms with Crippen LogP contribution < -0.4 is 0 Å². The first kappa shape index (κ1) is 11.6. The van der Waals surface area contributed by atoms with Crippen LogP contribution in [0.5, 0.6) is 0 Å². The molecule has 0 unspecified atom stereocenters. The second kappa shape index (κ2) is 4.14. The summed E-state index contributed by atoms with van der Waals surface area (Å²) in [6.45, 7) is 0. The molecule has 0 aromatic heterocycles. The number of aryl methyl sites for hydroxylation is 4. The molecule has 2 nitrogen and oxygen atoms in total. The van der Waals surface area contributed by atoms with Crippen LogP contribution in [-0.4, -0.2) is 12.6 Å². The van der Waals surface area contributed by atoms with Crippen molar-refractivity contribution in [3.8, 4) is 11.1 Å². The topological polar surface area (TPSA) is 34.1 Å². The van der Waals surface area contributed by atoms with Gasteiger partial charge in [-0.3, -0.25) is 9.59 Å². The Bertz CT molecular complexity index is 640. The first-order valence-electron chi connectivity index (χ1n) is 7.02. The van der Waals surface area contributed by atoms with E-state index >= 15 is 0 Å². The molecule has 2 heteroatoms. The fraction of sp³-hybridized carbons (Fsp3) is 0.222. The maximum absolute atomic E-state index is 11.1. The molecule has 0 amide bonds.